The average Bonchev–Trinajstić information content (AvgIpc) is 2.27. The second-order valence-electron chi connectivity index (χ2n) is 2.87. The molecule has 0 saturated carbocycles. The molecule has 1 aromatic carbocycles. The van der Waals surface area contributed by atoms with Gasteiger partial charge in [0.15, 0.2) is 0 Å². The Morgan fingerprint density at radius 2 is 1.39 bits per heavy atom. The molecule has 98 valence electrons. The van der Waals surface area contributed by atoms with Crippen molar-refractivity contribution >= 4 is 22.0 Å². The van der Waals surface area contributed by atoms with Crippen LogP contribution in [-0.4, -0.2) is 30.6 Å². The van der Waals surface area contributed by atoms with Crippen LogP contribution >= 0.6 is 0 Å². The second-order valence-corrected chi connectivity index (χ2v) is 4.43. The number of hydrogen-bond acceptors (Lipinski definition) is 4. The Hall–Kier alpha value is -2.19. The van der Waals surface area contributed by atoms with Crippen molar-refractivity contribution < 1.29 is 28.2 Å². The van der Waals surface area contributed by atoms with Gasteiger partial charge in [0.25, 0.3) is 0 Å². The molecule has 4 N–H and O–H groups in total. The summed E-state index contributed by atoms with van der Waals surface area (Å²) in [6.07, 6.45) is 1.12. The summed E-state index contributed by atoms with van der Waals surface area (Å²) in [6.45, 7) is 0. The predicted octanol–water partition coefficient (Wildman–Crippen LogP) is 0.0458. The lowest BCUT2D eigenvalue weighted by Gasteiger charge is -1.93. The minimum atomic E-state index is -3.50. The normalized spacial score (nSPS) is 10.5. The Labute approximate surface area is 103 Å². The van der Waals surface area contributed by atoms with E-state index >= 15 is 0 Å². The topological polar surface area (TPSA) is 135 Å². The van der Waals surface area contributed by atoms with Gasteiger partial charge in [-0.2, -0.15) is 0 Å². The predicted molar refractivity (Wildman–Crippen MR) is 62.2 cm³/mol. The number of nitrogens with two attached hydrogens (primary N) is 1. The standard InChI is InChI=1S/C6H7NO2S.C4H4O4/c7-10(8,9)6-4-2-1-3-5-6;5-3(6)1-2-4(7)8/h1-5H,(H2,7,8,9);1-2H,(H,5,6)(H,7,8). The highest BCUT2D eigenvalue weighted by atomic mass is 32.2. The molecule has 0 bridgehead atoms. The highest BCUT2D eigenvalue weighted by molar-refractivity contribution is 7.89. The summed E-state index contributed by atoms with van der Waals surface area (Å²) in [6, 6.07) is 7.89. The van der Waals surface area contributed by atoms with Gasteiger partial charge >= 0.3 is 11.9 Å². The monoisotopic (exact) mass is 273 g/mol. The first-order valence-electron chi connectivity index (χ1n) is 4.45. The van der Waals surface area contributed by atoms with Crippen molar-refractivity contribution in [1.29, 1.82) is 0 Å². The smallest absolute Gasteiger partial charge is 0.328 e. The first-order valence-corrected chi connectivity index (χ1v) is 6.00. The fourth-order valence-electron chi connectivity index (χ4n) is 0.753. The fourth-order valence-corrected chi connectivity index (χ4v) is 1.29. The Balaban J connectivity index is 0.000000331. The first-order chi connectivity index (χ1) is 8.23. The molecule has 7 nitrogen and oxygen atoms in total. The Morgan fingerprint density at radius 1 is 1.00 bits per heavy atom. The van der Waals surface area contributed by atoms with Gasteiger partial charge in [-0.3, -0.25) is 0 Å². The minimum absolute atomic E-state index is 0.148. The van der Waals surface area contributed by atoms with Gasteiger partial charge in [-0.15, -0.1) is 0 Å². The van der Waals surface area contributed by atoms with E-state index in [1.54, 1.807) is 18.2 Å². The SMILES string of the molecule is NS(=O)(=O)c1ccccc1.O=C(O)C=CC(=O)O. The Morgan fingerprint density at radius 3 is 1.61 bits per heavy atom. The maximum absolute atomic E-state index is 10.6. The summed E-state index contributed by atoms with van der Waals surface area (Å²) in [4.78, 5) is 19.3. The molecule has 0 atom stereocenters. The van der Waals surface area contributed by atoms with Crippen molar-refractivity contribution in [1.82, 2.24) is 0 Å². The highest BCUT2D eigenvalue weighted by Gasteiger charge is 2.03. The molecule has 0 fully saturated rings. The minimum Gasteiger partial charge on any atom is -0.478 e. The van der Waals surface area contributed by atoms with E-state index in [0.717, 1.165) is 0 Å². The highest BCUT2D eigenvalue weighted by Crippen LogP contribution is 2.02. The van der Waals surface area contributed by atoms with Crippen LogP contribution in [0.15, 0.2) is 47.4 Å². The van der Waals surface area contributed by atoms with Gasteiger partial charge in [0.05, 0.1) is 4.90 Å². The van der Waals surface area contributed by atoms with Crippen molar-refractivity contribution in [3.63, 3.8) is 0 Å². The number of hydrogen-bond donors (Lipinski definition) is 3. The van der Waals surface area contributed by atoms with Crippen LogP contribution < -0.4 is 5.14 Å². The molecule has 1 aromatic rings. The van der Waals surface area contributed by atoms with E-state index < -0.39 is 22.0 Å². The van der Waals surface area contributed by atoms with Crippen molar-refractivity contribution in [3.8, 4) is 0 Å². The van der Waals surface area contributed by atoms with Crippen LogP contribution in [-0.2, 0) is 19.6 Å². The van der Waals surface area contributed by atoms with Crippen molar-refractivity contribution in [2.45, 2.75) is 4.90 Å². The molecule has 0 amide bonds. The van der Waals surface area contributed by atoms with Crippen LogP contribution in [0, 0.1) is 0 Å². The number of carbonyl (C=O) groups is 2. The van der Waals surface area contributed by atoms with E-state index in [4.69, 9.17) is 15.4 Å². The van der Waals surface area contributed by atoms with Gasteiger partial charge in [0, 0.05) is 12.2 Å². The molecule has 0 spiro atoms. The molecule has 8 heteroatoms. The van der Waals surface area contributed by atoms with Gasteiger partial charge in [0.2, 0.25) is 10.0 Å². The number of rotatable bonds is 3. The summed E-state index contributed by atoms with van der Waals surface area (Å²) in [5.41, 5.74) is 0. The second kappa shape index (κ2) is 7.20. The molecule has 0 heterocycles. The van der Waals surface area contributed by atoms with E-state index in [2.05, 4.69) is 0 Å². The largest absolute Gasteiger partial charge is 0.478 e. The number of carboxylic acid groups (broad SMARTS) is 2. The number of primary sulfonamides is 1. The van der Waals surface area contributed by atoms with E-state index in [0.29, 0.717) is 12.2 Å². The maximum atomic E-state index is 10.6. The molecule has 0 unspecified atom stereocenters. The van der Waals surface area contributed by atoms with Crippen molar-refractivity contribution in [3.05, 3.63) is 42.5 Å². The zero-order valence-electron chi connectivity index (χ0n) is 9.05. The first kappa shape index (κ1) is 15.8. The molecule has 1 rings (SSSR count). The molecular formula is C10H11NO6S. The number of sulfonamides is 1. The number of aliphatic carboxylic acids is 2. The molecule has 0 aliphatic heterocycles. The fraction of sp³-hybridized carbons (Fsp3) is 0. The summed E-state index contributed by atoms with van der Waals surface area (Å²) in [7, 11) is -3.50. The third kappa shape index (κ3) is 8.02. The molecule has 0 radical (unpaired) electrons. The summed E-state index contributed by atoms with van der Waals surface area (Å²) < 4.78 is 21.2. The molecule has 0 aliphatic rings. The van der Waals surface area contributed by atoms with Crippen LogP contribution in [0.25, 0.3) is 0 Å². The third-order valence-corrected chi connectivity index (χ3v) is 2.37. The van der Waals surface area contributed by atoms with Crippen LogP contribution in [0.2, 0.25) is 0 Å². The van der Waals surface area contributed by atoms with Gasteiger partial charge in [0.1, 0.15) is 0 Å². The lowest BCUT2D eigenvalue weighted by atomic mass is 10.4. The van der Waals surface area contributed by atoms with Gasteiger partial charge < -0.3 is 10.2 Å². The maximum Gasteiger partial charge on any atom is 0.328 e. The summed E-state index contributed by atoms with van der Waals surface area (Å²) in [5, 5.41) is 20.5. The van der Waals surface area contributed by atoms with Crippen molar-refractivity contribution in [2.24, 2.45) is 5.14 Å². The van der Waals surface area contributed by atoms with Crippen LogP contribution in [0.3, 0.4) is 0 Å². The van der Waals surface area contributed by atoms with Gasteiger partial charge in [-0.05, 0) is 12.1 Å². The molecule has 0 saturated heterocycles. The third-order valence-electron chi connectivity index (χ3n) is 1.44. The number of carboxylic acids is 2. The molecule has 18 heavy (non-hydrogen) atoms. The lowest BCUT2D eigenvalue weighted by Crippen LogP contribution is -2.11. The zero-order chi connectivity index (χ0) is 14.2. The van der Waals surface area contributed by atoms with Crippen LogP contribution in [0.4, 0.5) is 0 Å². The Kier molecular flexibility index (Phi) is 6.32. The number of benzene rings is 1. The van der Waals surface area contributed by atoms with E-state index in [1.165, 1.54) is 12.1 Å². The van der Waals surface area contributed by atoms with Gasteiger partial charge in [-0.25, -0.2) is 23.1 Å². The van der Waals surface area contributed by atoms with Crippen molar-refractivity contribution in [2.75, 3.05) is 0 Å². The average molecular weight is 273 g/mol. The van der Waals surface area contributed by atoms with E-state index in [-0.39, 0.29) is 4.90 Å². The van der Waals surface area contributed by atoms with Gasteiger partial charge in [-0.1, -0.05) is 18.2 Å². The van der Waals surface area contributed by atoms with Crippen LogP contribution in [0.5, 0.6) is 0 Å². The molecule has 0 aromatic heterocycles. The summed E-state index contributed by atoms with van der Waals surface area (Å²) >= 11 is 0. The van der Waals surface area contributed by atoms with E-state index in [9.17, 15) is 18.0 Å². The molecule has 0 aliphatic carbocycles. The zero-order valence-corrected chi connectivity index (χ0v) is 9.87. The quantitative estimate of drug-likeness (QED) is 0.666. The Bertz CT molecular complexity index is 519. The van der Waals surface area contributed by atoms with E-state index in [1.807, 2.05) is 0 Å². The lowest BCUT2D eigenvalue weighted by molar-refractivity contribution is -0.134. The van der Waals surface area contributed by atoms with Crippen LogP contribution in [0.1, 0.15) is 0 Å². The summed E-state index contributed by atoms with van der Waals surface area (Å²) in [5.74, 6) is -2.51. The molecular weight excluding hydrogens is 262 g/mol.